The van der Waals surface area contributed by atoms with E-state index in [0.29, 0.717) is 15.6 Å². The van der Waals surface area contributed by atoms with Gasteiger partial charge in [-0.2, -0.15) is 5.10 Å². The Balaban J connectivity index is 1.83. The molecule has 2 N–H and O–H groups in total. The highest BCUT2D eigenvalue weighted by molar-refractivity contribution is 6.32. The van der Waals surface area contributed by atoms with Crippen LogP contribution in [0, 0.1) is 13.8 Å². The summed E-state index contributed by atoms with van der Waals surface area (Å²) in [6, 6.07) is 11.4. The molecule has 1 heterocycles. The van der Waals surface area contributed by atoms with E-state index in [2.05, 4.69) is 10.4 Å². The fourth-order valence-corrected chi connectivity index (χ4v) is 2.72. The predicted octanol–water partition coefficient (Wildman–Crippen LogP) is 4.75. The van der Waals surface area contributed by atoms with Gasteiger partial charge in [0.2, 0.25) is 0 Å². The van der Waals surface area contributed by atoms with Gasteiger partial charge in [0.1, 0.15) is 5.75 Å². The molecular formula is C18H15Cl2N3O2. The number of benzene rings is 2. The fraction of sp³-hybridized carbons (Fsp3) is 0.111. The number of nitrogens with one attached hydrogen (secondary N) is 1. The second kappa shape index (κ2) is 6.78. The number of aromatic hydroxyl groups is 1. The zero-order valence-electron chi connectivity index (χ0n) is 13.5. The van der Waals surface area contributed by atoms with Crippen molar-refractivity contribution in [1.82, 2.24) is 9.78 Å². The van der Waals surface area contributed by atoms with Crippen LogP contribution in [-0.2, 0) is 0 Å². The average Bonchev–Trinajstić information content (AvgIpc) is 2.86. The summed E-state index contributed by atoms with van der Waals surface area (Å²) in [5.41, 5.74) is 3.08. The van der Waals surface area contributed by atoms with Crippen molar-refractivity contribution in [3.05, 3.63) is 69.5 Å². The minimum absolute atomic E-state index is 0.0494. The Morgan fingerprint density at radius 2 is 1.80 bits per heavy atom. The Kier molecular flexibility index (Phi) is 4.70. The van der Waals surface area contributed by atoms with E-state index >= 15 is 0 Å². The van der Waals surface area contributed by atoms with E-state index in [-0.39, 0.29) is 17.3 Å². The van der Waals surface area contributed by atoms with Gasteiger partial charge in [0.15, 0.2) is 0 Å². The highest BCUT2D eigenvalue weighted by atomic mass is 35.5. The molecular weight excluding hydrogens is 361 g/mol. The molecule has 2 aromatic carbocycles. The Bertz CT molecular complexity index is 950. The van der Waals surface area contributed by atoms with Gasteiger partial charge in [0, 0.05) is 10.6 Å². The number of amides is 1. The Hall–Kier alpha value is -2.50. The van der Waals surface area contributed by atoms with E-state index in [0.717, 1.165) is 17.1 Å². The molecule has 0 aliphatic rings. The first kappa shape index (κ1) is 17.3. The van der Waals surface area contributed by atoms with Crippen LogP contribution in [0.2, 0.25) is 10.0 Å². The average molecular weight is 376 g/mol. The number of phenolic OH excluding ortho intramolecular Hbond substituents is 1. The lowest BCUT2D eigenvalue weighted by atomic mass is 10.2. The molecule has 3 rings (SSSR count). The molecule has 5 nitrogen and oxygen atoms in total. The van der Waals surface area contributed by atoms with Gasteiger partial charge in [-0.05, 0) is 56.3 Å². The molecule has 25 heavy (non-hydrogen) atoms. The highest BCUT2D eigenvalue weighted by Gasteiger charge is 2.13. The molecule has 0 bridgehead atoms. The summed E-state index contributed by atoms with van der Waals surface area (Å²) < 4.78 is 1.72. The summed E-state index contributed by atoms with van der Waals surface area (Å²) in [7, 11) is 0. The Morgan fingerprint density at radius 3 is 2.40 bits per heavy atom. The summed E-state index contributed by atoms with van der Waals surface area (Å²) in [5, 5.41) is 17.8. The highest BCUT2D eigenvalue weighted by Crippen LogP contribution is 2.27. The quantitative estimate of drug-likeness (QED) is 0.648. The van der Waals surface area contributed by atoms with Crippen molar-refractivity contribution in [2.45, 2.75) is 13.8 Å². The van der Waals surface area contributed by atoms with Gasteiger partial charge >= 0.3 is 0 Å². The van der Waals surface area contributed by atoms with Gasteiger partial charge in [-0.3, -0.25) is 4.79 Å². The second-order valence-electron chi connectivity index (χ2n) is 5.56. The molecule has 0 atom stereocenters. The lowest BCUT2D eigenvalue weighted by Crippen LogP contribution is -2.12. The number of phenols is 1. The van der Waals surface area contributed by atoms with Crippen molar-refractivity contribution >= 4 is 34.8 Å². The van der Waals surface area contributed by atoms with Gasteiger partial charge in [-0.1, -0.05) is 23.2 Å². The first-order chi connectivity index (χ1) is 11.9. The zero-order valence-corrected chi connectivity index (χ0v) is 15.1. The molecule has 7 heteroatoms. The van der Waals surface area contributed by atoms with E-state index in [1.54, 1.807) is 35.0 Å². The van der Waals surface area contributed by atoms with E-state index in [9.17, 15) is 9.90 Å². The third kappa shape index (κ3) is 3.48. The van der Waals surface area contributed by atoms with Gasteiger partial charge in [-0.25, -0.2) is 4.68 Å². The number of aryl methyl sites for hydroxylation is 1. The molecule has 3 aromatic rings. The maximum Gasteiger partial charge on any atom is 0.255 e. The van der Waals surface area contributed by atoms with Crippen LogP contribution in [0.15, 0.2) is 42.5 Å². The number of rotatable bonds is 3. The maximum atomic E-state index is 12.3. The molecule has 1 amide bonds. The van der Waals surface area contributed by atoms with Gasteiger partial charge in [0.05, 0.1) is 27.8 Å². The van der Waals surface area contributed by atoms with Crippen molar-refractivity contribution in [1.29, 1.82) is 0 Å². The van der Waals surface area contributed by atoms with Gasteiger partial charge in [-0.15, -0.1) is 0 Å². The smallest absolute Gasteiger partial charge is 0.255 e. The van der Waals surface area contributed by atoms with Crippen LogP contribution in [-0.4, -0.2) is 20.8 Å². The maximum absolute atomic E-state index is 12.3. The summed E-state index contributed by atoms with van der Waals surface area (Å²) in [4.78, 5) is 12.3. The van der Waals surface area contributed by atoms with Crippen LogP contribution in [0.1, 0.15) is 21.7 Å². The van der Waals surface area contributed by atoms with Gasteiger partial charge < -0.3 is 10.4 Å². The summed E-state index contributed by atoms with van der Waals surface area (Å²) in [6.45, 7) is 3.72. The van der Waals surface area contributed by atoms with Crippen LogP contribution in [0.25, 0.3) is 5.69 Å². The third-order valence-electron chi connectivity index (χ3n) is 3.78. The number of anilines is 1. The number of aromatic nitrogens is 2. The largest absolute Gasteiger partial charge is 0.506 e. The molecule has 0 saturated heterocycles. The molecule has 0 fully saturated rings. The molecule has 128 valence electrons. The van der Waals surface area contributed by atoms with Gasteiger partial charge in [0.25, 0.3) is 5.91 Å². The first-order valence-corrected chi connectivity index (χ1v) is 8.24. The topological polar surface area (TPSA) is 67.2 Å². The number of carbonyl (C=O) groups excluding carboxylic acids is 1. The monoisotopic (exact) mass is 375 g/mol. The fourth-order valence-electron chi connectivity index (χ4n) is 2.43. The molecule has 0 unspecified atom stereocenters. The standard InChI is InChI=1S/C18H15Cl2N3O2/c1-10-17(20)11(2)23(22-10)14-6-3-12(4-7-14)18(25)21-15-9-13(19)5-8-16(15)24/h3-9,24H,1-2H3,(H,21,25). The summed E-state index contributed by atoms with van der Waals surface area (Å²) in [5.74, 6) is -0.401. The molecule has 1 aromatic heterocycles. The van der Waals surface area contributed by atoms with Crippen LogP contribution < -0.4 is 5.32 Å². The molecule has 0 aliphatic carbocycles. The minimum Gasteiger partial charge on any atom is -0.506 e. The number of halogens is 2. The van der Waals surface area contributed by atoms with Crippen LogP contribution >= 0.6 is 23.2 Å². The van der Waals surface area contributed by atoms with Crippen molar-refractivity contribution in [3.8, 4) is 11.4 Å². The second-order valence-corrected chi connectivity index (χ2v) is 6.37. The third-order valence-corrected chi connectivity index (χ3v) is 4.57. The zero-order chi connectivity index (χ0) is 18.1. The number of hydrogen-bond donors (Lipinski definition) is 2. The van der Waals surface area contributed by atoms with Crippen molar-refractivity contribution < 1.29 is 9.90 Å². The lowest BCUT2D eigenvalue weighted by Gasteiger charge is -2.09. The SMILES string of the molecule is Cc1nn(-c2ccc(C(=O)Nc3cc(Cl)ccc3O)cc2)c(C)c1Cl. The van der Waals surface area contributed by atoms with Crippen LogP contribution in [0.5, 0.6) is 5.75 Å². The summed E-state index contributed by atoms with van der Waals surface area (Å²) in [6.07, 6.45) is 0. The van der Waals surface area contributed by atoms with E-state index in [4.69, 9.17) is 23.2 Å². The Labute approximate surface area is 154 Å². The van der Waals surface area contributed by atoms with E-state index < -0.39 is 0 Å². The Morgan fingerprint density at radius 1 is 1.12 bits per heavy atom. The van der Waals surface area contributed by atoms with Crippen molar-refractivity contribution in [3.63, 3.8) is 0 Å². The van der Waals surface area contributed by atoms with E-state index in [1.807, 2.05) is 13.8 Å². The van der Waals surface area contributed by atoms with Crippen LogP contribution in [0.3, 0.4) is 0 Å². The number of hydrogen-bond acceptors (Lipinski definition) is 3. The number of carbonyl (C=O) groups is 1. The normalized spacial score (nSPS) is 10.7. The molecule has 0 radical (unpaired) electrons. The lowest BCUT2D eigenvalue weighted by molar-refractivity contribution is 0.102. The predicted molar refractivity (Wildman–Crippen MR) is 99.1 cm³/mol. The van der Waals surface area contributed by atoms with Crippen molar-refractivity contribution in [2.75, 3.05) is 5.32 Å². The van der Waals surface area contributed by atoms with E-state index in [1.165, 1.54) is 12.1 Å². The first-order valence-electron chi connectivity index (χ1n) is 7.49. The molecule has 0 spiro atoms. The van der Waals surface area contributed by atoms with Crippen molar-refractivity contribution in [2.24, 2.45) is 0 Å². The molecule has 0 aliphatic heterocycles. The number of nitrogens with zero attached hydrogens (tertiary/aromatic N) is 2. The molecule has 0 saturated carbocycles. The minimum atomic E-state index is -0.351. The van der Waals surface area contributed by atoms with Crippen LogP contribution in [0.4, 0.5) is 5.69 Å². The summed E-state index contributed by atoms with van der Waals surface area (Å²) >= 11 is 12.0.